The van der Waals surface area contributed by atoms with Crippen LogP contribution < -0.4 is 4.72 Å². The Labute approximate surface area is 136 Å². The van der Waals surface area contributed by atoms with E-state index in [4.69, 9.17) is 0 Å². The van der Waals surface area contributed by atoms with E-state index >= 15 is 0 Å². The molecule has 0 saturated carbocycles. The maximum atomic E-state index is 12.4. The van der Waals surface area contributed by atoms with Gasteiger partial charge in [0.1, 0.15) is 0 Å². The summed E-state index contributed by atoms with van der Waals surface area (Å²) in [7, 11) is -3.24. The molecule has 124 valence electrons. The molecule has 1 atom stereocenters. The number of piperidine rings is 1. The lowest BCUT2D eigenvalue weighted by Gasteiger charge is -2.32. The second kappa shape index (κ2) is 7.06. The molecule has 1 fully saturated rings. The van der Waals surface area contributed by atoms with E-state index in [-0.39, 0.29) is 18.4 Å². The molecule has 1 aromatic rings. The molecule has 8 heteroatoms. The average Bonchev–Trinajstić information content (AvgIpc) is 2.85. The van der Waals surface area contributed by atoms with E-state index in [1.54, 1.807) is 16.2 Å². The number of amides is 1. The van der Waals surface area contributed by atoms with Crippen LogP contribution in [-0.4, -0.2) is 49.6 Å². The van der Waals surface area contributed by atoms with E-state index in [1.807, 2.05) is 5.38 Å². The highest BCUT2D eigenvalue weighted by Crippen LogP contribution is 2.20. The Hall–Kier alpha value is -0.990. The molecule has 0 radical (unpaired) electrons. The fraction of sp³-hybridized carbons (Fsp3) is 0.714. The highest BCUT2D eigenvalue weighted by Gasteiger charge is 2.25. The summed E-state index contributed by atoms with van der Waals surface area (Å²) in [5.41, 5.74) is 0.803. The van der Waals surface area contributed by atoms with Gasteiger partial charge in [-0.1, -0.05) is 13.8 Å². The monoisotopic (exact) mass is 345 g/mol. The topological polar surface area (TPSA) is 79.4 Å². The van der Waals surface area contributed by atoms with Gasteiger partial charge >= 0.3 is 0 Å². The van der Waals surface area contributed by atoms with Gasteiger partial charge in [0.05, 0.1) is 23.4 Å². The van der Waals surface area contributed by atoms with Crippen molar-refractivity contribution in [1.29, 1.82) is 0 Å². The maximum Gasteiger partial charge on any atom is 0.228 e. The Morgan fingerprint density at radius 2 is 2.27 bits per heavy atom. The average molecular weight is 345 g/mol. The first-order valence-corrected chi connectivity index (χ1v) is 10.2. The highest BCUT2D eigenvalue weighted by molar-refractivity contribution is 7.88. The third kappa shape index (κ3) is 5.03. The third-order valence-electron chi connectivity index (χ3n) is 3.55. The molecule has 0 spiro atoms. The van der Waals surface area contributed by atoms with Crippen LogP contribution in [0.25, 0.3) is 0 Å². The van der Waals surface area contributed by atoms with Gasteiger partial charge in [0.15, 0.2) is 0 Å². The standard InChI is InChI=1S/C14H23N3O3S2/c1-10(2)14-15-12(9-21-14)7-13(18)17-6-4-5-11(8-17)16-22(3,19)20/h9-11,16H,4-8H2,1-3H3/t11-/m0/s1. The van der Waals surface area contributed by atoms with E-state index in [0.717, 1.165) is 29.8 Å². The molecule has 0 aromatic carbocycles. The smallest absolute Gasteiger partial charge is 0.228 e. The molecule has 2 rings (SSSR count). The summed E-state index contributed by atoms with van der Waals surface area (Å²) < 4.78 is 25.2. The summed E-state index contributed by atoms with van der Waals surface area (Å²) >= 11 is 1.58. The van der Waals surface area contributed by atoms with Gasteiger partial charge < -0.3 is 4.90 Å². The van der Waals surface area contributed by atoms with Crippen molar-refractivity contribution >= 4 is 27.3 Å². The van der Waals surface area contributed by atoms with E-state index < -0.39 is 10.0 Å². The minimum atomic E-state index is -3.24. The first-order chi connectivity index (χ1) is 10.2. The second-order valence-electron chi connectivity index (χ2n) is 6.08. The summed E-state index contributed by atoms with van der Waals surface area (Å²) in [5, 5.41) is 2.97. The number of thiazole rings is 1. The quantitative estimate of drug-likeness (QED) is 0.874. The molecule has 0 unspecified atom stereocenters. The molecular weight excluding hydrogens is 322 g/mol. The summed E-state index contributed by atoms with van der Waals surface area (Å²) in [6.45, 7) is 5.28. The number of hydrogen-bond acceptors (Lipinski definition) is 5. The van der Waals surface area contributed by atoms with Crippen LogP contribution in [0, 0.1) is 0 Å². The summed E-state index contributed by atoms with van der Waals surface area (Å²) in [4.78, 5) is 18.6. The molecule has 1 saturated heterocycles. The number of hydrogen-bond donors (Lipinski definition) is 1. The molecule has 1 aliphatic rings. The van der Waals surface area contributed by atoms with E-state index in [0.29, 0.717) is 19.0 Å². The Balaban J connectivity index is 1.93. The lowest BCUT2D eigenvalue weighted by atomic mass is 10.1. The molecule has 0 bridgehead atoms. The van der Waals surface area contributed by atoms with Gasteiger partial charge in [-0.25, -0.2) is 18.1 Å². The first-order valence-electron chi connectivity index (χ1n) is 7.44. The molecule has 2 heterocycles. The zero-order chi connectivity index (χ0) is 16.3. The number of rotatable bonds is 5. The molecule has 1 aromatic heterocycles. The van der Waals surface area contributed by atoms with Gasteiger partial charge in [0, 0.05) is 30.4 Å². The van der Waals surface area contributed by atoms with Crippen LogP contribution in [0.15, 0.2) is 5.38 Å². The van der Waals surface area contributed by atoms with Crippen molar-refractivity contribution in [2.75, 3.05) is 19.3 Å². The van der Waals surface area contributed by atoms with Gasteiger partial charge in [0.2, 0.25) is 15.9 Å². The van der Waals surface area contributed by atoms with E-state index in [9.17, 15) is 13.2 Å². The normalized spacial score (nSPS) is 19.6. The Morgan fingerprint density at radius 3 is 2.86 bits per heavy atom. The Bertz CT molecular complexity index is 625. The molecule has 22 heavy (non-hydrogen) atoms. The number of nitrogens with one attached hydrogen (secondary N) is 1. The summed E-state index contributed by atoms with van der Waals surface area (Å²) in [6.07, 6.45) is 3.02. The van der Waals surface area contributed by atoms with Crippen LogP contribution in [0.5, 0.6) is 0 Å². The fourth-order valence-corrected chi connectivity index (χ4v) is 4.17. The van der Waals surface area contributed by atoms with Crippen LogP contribution >= 0.6 is 11.3 Å². The number of likely N-dealkylation sites (tertiary alicyclic amines) is 1. The molecule has 0 aliphatic carbocycles. The SMILES string of the molecule is CC(C)c1nc(CC(=O)N2CCC[C@H](NS(C)(=O)=O)C2)cs1. The van der Waals surface area contributed by atoms with Gasteiger partial charge in [-0.2, -0.15) is 0 Å². The molecule has 1 N–H and O–H groups in total. The van der Waals surface area contributed by atoms with E-state index in [1.165, 1.54) is 0 Å². The zero-order valence-electron chi connectivity index (χ0n) is 13.2. The van der Waals surface area contributed by atoms with Crippen molar-refractivity contribution in [2.24, 2.45) is 0 Å². The first kappa shape index (κ1) is 17.4. The van der Waals surface area contributed by atoms with Gasteiger partial charge in [-0.05, 0) is 12.8 Å². The lowest BCUT2D eigenvalue weighted by Crippen LogP contribution is -2.49. The van der Waals surface area contributed by atoms with Crippen LogP contribution in [-0.2, 0) is 21.2 Å². The van der Waals surface area contributed by atoms with Crippen molar-refractivity contribution in [2.45, 2.75) is 45.1 Å². The largest absolute Gasteiger partial charge is 0.341 e. The minimum absolute atomic E-state index is 0.0145. The third-order valence-corrected chi connectivity index (χ3v) is 5.51. The summed E-state index contributed by atoms with van der Waals surface area (Å²) in [6, 6.07) is -0.186. The molecule has 6 nitrogen and oxygen atoms in total. The fourth-order valence-electron chi connectivity index (χ4n) is 2.54. The van der Waals surface area contributed by atoms with Crippen molar-refractivity contribution in [3.63, 3.8) is 0 Å². The Kier molecular flexibility index (Phi) is 5.57. The minimum Gasteiger partial charge on any atom is -0.341 e. The van der Waals surface area contributed by atoms with Crippen LogP contribution in [0.3, 0.4) is 0 Å². The number of carbonyl (C=O) groups excluding carboxylic acids is 1. The van der Waals surface area contributed by atoms with Crippen molar-refractivity contribution < 1.29 is 13.2 Å². The van der Waals surface area contributed by atoms with Crippen molar-refractivity contribution in [3.8, 4) is 0 Å². The molecule has 1 amide bonds. The lowest BCUT2D eigenvalue weighted by molar-refractivity contribution is -0.131. The second-order valence-corrected chi connectivity index (χ2v) is 8.75. The van der Waals surface area contributed by atoms with Gasteiger partial charge in [-0.15, -0.1) is 11.3 Å². The number of nitrogens with zero attached hydrogens (tertiary/aromatic N) is 2. The molecular formula is C14H23N3O3S2. The van der Waals surface area contributed by atoms with Gasteiger partial charge in [-0.3, -0.25) is 4.79 Å². The Morgan fingerprint density at radius 1 is 1.55 bits per heavy atom. The number of aromatic nitrogens is 1. The van der Waals surface area contributed by atoms with E-state index in [2.05, 4.69) is 23.6 Å². The number of carbonyl (C=O) groups is 1. The summed E-state index contributed by atoms with van der Waals surface area (Å²) in [5.74, 6) is 0.382. The predicted octanol–water partition coefficient (Wildman–Crippen LogP) is 1.35. The van der Waals surface area contributed by atoms with Crippen LogP contribution in [0.4, 0.5) is 0 Å². The van der Waals surface area contributed by atoms with Crippen LogP contribution in [0.1, 0.15) is 43.3 Å². The van der Waals surface area contributed by atoms with Crippen molar-refractivity contribution in [3.05, 3.63) is 16.1 Å². The maximum absolute atomic E-state index is 12.4. The number of sulfonamides is 1. The van der Waals surface area contributed by atoms with Gasteiger partial charge in [0.25, 0.3) is 0 Å². The van der Waals surface area contributed by atoms with Crippen molar-refractivity contribution in [1.82, 2.24) is 14.6 Å². The predicted molar refractivity (Wildman–Crippen MR) is 87.5 cm³/mol. The van der Waals surface area contributed by atoms with Crippen LogP contribution in [0.2, 0.25) is 0 Å². The zero-order valence-corrected chi connectivity index (χ0v) is 14.8. The highest BCUT2D eigenvalue weighted by atomic mass is 32.2. The molecule has 1 aliphatic heterocycles.